The predicted molar refractivity (Wildman–Crippen MR) is 70.7 cm³/mol. The van der Waals surface area contributed by atoms with Crippen molar-refractivity contribution in [3.8, 4) is 0 Å². The van der Waals surface area contributed by atoms with E-state index in [9.17, 15) is 18.3 Å². The minimum Gasteiger partial charge on any atom is -0.385 e. The first kappa shape index (κ1) is 16.3. The Balaban J connectivity index is 3.40. The van der Waals surface area contributed by atoms with Gasteiger partial charge in [0.1, 0.15) is 0 Å². The van der Waals surface area contributed by atoms with Crippen LogP contribution in [0.2, 0.25) is 0 Å². The number of rotatable bonds is 0. The molecule has 110 valence electrons. The van der Waals surface area contributed by atoms with E-state index in [0.717, 1.165) is 12.2 Å². The average molecular weight is 276 g/mol. The zero-order valence-corrected chi connectivity index (χ0v) is 12.4. The van der Waals surface area contributed by atoms with E-state index >= 15 is 0 Å². The molecule has 4 heteroatoms. The van der Waals surface area contributed by atoms with E-state index in [1.165, 1.54) is 0 Å². The molecule has 0 aromatic carbocycles. The van der Waals surface area contributed by atoms with Gasteiger partial charge in [-0.2, -0.15) is 13.2 Å². The van der Waals surface area contributed by atoms with Gasteiger partial charge >= 0.3 is 6.18 Å². The van der Waals surface area contributed by atoms with Crippen LogP contribution in [0.4, 0.5) is 13.2 Å². The zero-order chi connectivity index (χ0) is 15.3. The first-order valence-electron chi connectivity index (χ1n) is 6.42. The molecule has 1 rings (SSSR count). The molecule has 0 saturated carbocycles. The lowest BCUT2D eigenvalue weighted by Crippen LogP contribution is -2.49. The molecule has 1 aliphatic rings. The fourth-order valence-corrected chi connectivity index (χ4v) is 2.45. The van der Waals surface area contributed by atoms with Gasteiger partial charge in [0.05, 0.1) is 11.2 Å². The zero-order valence-electron chi connectivity index (χ0n) is 12.4. The van der Waals surface area contributed by atoms with Crippen LogP contribution in [-0.4, -0.2) is 16.9 Å². The van der Waals surface area contributed by atoms with E-state index in [1.54, 1.807) is 0 Å². The molecular weight excluding hydrogens is 253 g/mol. The molecule has 0 saturated heterocycles. The van der Waals surface area contributed by atoms with Gasteiger partial charge in [0.2, 0.25) is 0 Å². The minimum atomic E-state index is -4.37. The van der Waals surface area contributed by atoms with Gasteiger partial charge in [-0.3, -0.25) is 0 Å². The van der Waals surface area contributed by atoms with Crippen molar-refractivity contribution in [2.24, 2.45) is 10.8 Å². The van der Waals surface area contributed by atoms with Crippen LogP contribution in [0.3, 0.4) is 0 Å². The van der Waals surface area contributed by atoms with Crippen LogP contribution in [0.1, 0.15) is 48.0 Å². The van der Waals surface area contributed by atoms with E-state index in [-0.39, 0.29) is 6.42 Å². The molecule has 1 N–H and O–H groups in total. The normalized spacial score (nSPS) is 26.0. The smallest absolute Gasteiger partial charge is 0.385 e. The molecule has 19 heavy (non-hydrogen) atoms. The molecule has 0 spiro atoms. The van der Waals surface area contributed by atoms with Crippen LogP contribution in [0.25, 0.3) is 0 Å². The van der Waals surface area contributed by atoms with Crippen molar-refractivity contribution in [1.82, 2.24) is 0 Å². The molecule has 0 fully saturated rings. The summed E-state index contributed by atoms with van der Waals surface area (Å²) >= 11 is 0. The summed E-state index contributed by atoms with van der Waals surface area (Å²) < 4.78 is 38.6. The Hall–Kier alpha value is -0.770. The lowest BCUT2D eigenvalue weighted by Gasteiger charge is -2.48. The van der Waals surface area contributed by atoms with Gasteiger partial charge in [0.15, 0.2) is 0 Å². The molecule has 1 aliphatic carbocycles. The summed E-state index contributed by atoms with van der Waals surface area (Å²) in [6.45, 7) is 11.0. The summed E-state index contributed by atoms with van der Waals surface area (Å²) in [6.07, 6.45) is -2.15. The largest absolute Gasteiger partial charge is 0.416 e. The van der Waals surface area contributed by atoms with Crippen LogP contribution in [0, 0.1) is 10.8 Å². The summed E-state index contributed by atoms with van der Waals surface area (Å²) in [5, 5.41) is 10.9. The van der Waals surface area contributed by atoms with Gasteiger partial charge in [-0.15, -0.1) is 0 Å². The fraction of sp³-hybridized carbons (Fsp3) is 0.733. The Morgan fingerprint density at radius 3 is 1.84 bits per heavy atom. The van der Waals surface area contributed by atoms with Crippen molar-refractivity contribution in [3.05, 3.63) is 23.3 Å². The van der Waals surface area contributed by atoms with Gasteiger partial charge in [-0.25, -0.2) is 0 Å². The lowest BCUT2D eigenvalue weighted by molar-refractivity contribution is -0.0919. The highest BCUT2D eigenvalue weighted by Gasteiger charge is 2.49. The summed E-state index contributed by atoms with van der Waals surface area (Å²) in [6, 6.07) is 0. The molecule has 0 radical (unpaired) electrons. The minimum absolute atomic E-state index is 0.00551. The molecule has 0 bridgehead atoms. The molecule has 0 aromatic heterocycles. The molecule has 0 aromatic rings. The van der Waals surface area contributed by atoms with Gasteiger partial charge < -0.3 is 5.11 Å². The molecule has 1 atom stereocenters. The standard InChI is InChI=1S/C15H23F3O/c1-12(2,3)11-9-10(15(16,17)18)7-8-14(11,19)13(4,5)6/h7,9,19H,8H2,1-6H3. The third kappa shape index (κ3) is 3.04. The van der Waals surface area contributed by atoms with E-state index in [4.69, 9.17) is 0 Å². The van der Waals surface area contributed by atoms with Gasteiger partial charge in [-0.05, 0) is 28.9 Å². The second-order valence-corrected chi connectivity index (χ2v) is 7.28. The SMILES string of the molecule is CC(C)(C)C1=CC(C(F)(F)F)=CCC1(O)C(C)(C)C. The molecule has 0 amide bonds. The number of hydrogen-bond donors (Lipinski definition) is 1. The highest BCUT2D eigenvalue weighted by atomic mass is 19.4. The number of aliphatic hydroxyl groups is 1. The van der Waals surface area contributed by atoms with Crippen LogP contribution >= 0.6 is 0 Å². The predicted octanol–water partition coefficient (Wildman–Crippen LogP) is 4.63. The summed E-state index contributed by atoms with van der Waals surface area (Å²) in [5.74, 6) is 0. The highest BCUT2D eigenvalue weighted by molar-refractivity contribution is 5.41. The Kier molecular flexibility index (Phi) is 3.74. The van der Waals surface area contributed by atoms with Gasteiger partial charge in [0, 0.05) is 0 Å². The van der Waals surface area contributed by atoms with Crippen molar-refractivity contribution < 1.29 is 18.3 Å². The molecule has 1 nitrogen and oxygen atoms in total. The Bertz CT molecular complexity index is 416. The fourth-order valence-electron chi connectivity index (χ4n) is 2.45. The summed E-state index contributed by atoms with van der Waals surface area (Å²) in [7, 11) is 0. The maximum Gasteiger partial charge on any atom is 0.416 e. The van der Waals surface area contributed by atoms with E-state index in [2.05, 4.69) is 0 Å². The topological polar surface area (TPSA) is 20.2 Å². The quantitative estimate of drug-likeness (QED) is 0.684. The Morgan fingerprint density at radius 2 is 1.53 bits per heavy atom. The van der Waals surface area contributed by atoms with Crippen molar-refractivity contribution in [2.45, 2.75) is 59.7 Å². The molecule has 0 heterocycles. The first-order chi connectivity index (χ1) is 8.19. The van der Waals surface area contributed by atoms with Crippen molar-refractivity contribution in [1.29, 1.82) is 0 Å². The Morgan fingerprint density at radius 1 is 1.05 bits per heavy atom. The van der Waals surface area contributed by atoms with Gasteiger partial charge in [0.25, 0.3) is 0 Å². The molecule has 1 unspecified atom stereocenters. The average Bonchev–Trinajstić information content (AvgIpc) is 2.12. The third-order valence-electron chi connectivity index (χ3n) is 3.74. The Labute approximate surface area is 113 Å². The van der Waals surface area contributed by atoms with E-state index < -0.39 is 28.2 Å². The van der Waals surface area contributed by atoms with Crippen LogP contribution < -0.4 is 0 Å². The van der Waals surface area contributed by atoms with Crippen LogP contribution in [0.15, 0.2) is 23.3 Å². The summed E-state index contributed by atoms with van der Waals surface area (Å²) in [5.41, 5.74) is -2.51. The second kappa shape index (κ2) is 4.37. The highest BCUT2D eigenvalue weighted by Crippen LogP contribution is 2.50. The van der Waals surface area contributed by atoms with E-state index in [0.29, 0.717) is 5.57 Å². The number of hydrogen-bond acceptors (Lipinski definition) is 1. The van der Waals surface area contributed by atoms with Crippen molar-refractivity contribution >= 4 is 0 Å². The third-order valence-corrected chi connectivity index (χ3v) is 3.74. The monoisotopic (exact) mass is 276 g/mol. The van der Waals surface area contributed by atoms with Crippen LogP contribution in [-0.2, 0) is 0 Å². The lowest BCUT2D eigenvalue weighted by atomic mass is 9.61. The number of allylic oxidation sites excluding steroid dienone is 2. The maximum absolute atomic E-state index is 12.9. The molecular formula is C15H23F3O. The molecule has 0 aliphatic heterocycles. The number of alkyl halides is 3. The maximum atomic E-state index is 12.9. The van der Waals surface area contributed by atoms with Gasteiger partial charge in [-0.1, -0.05) is 47.6 Å². The second-order valence-electron chi connectivity index (χ2n) is 7.28. The summed E-state index contributed by atoms with van der Waals surface area (Å²) in [4.78, 5) is 0. The number of halogens is 3. The van der Waals surface area contributed by atoms with E-state index in [1.807, 2.05) is 41.5 Å². The van der Waals surface area contributed by atoms with Crippen LogP contribution in [0.5, 0.6) is 0 Å². The van der Waals surface area contributed by atoms with Crippen molar-refractivity contribution in [3.63, 3.8) is 0 Å². The van der Waals surface area contributed by atoms with Crippen molar-refractivity contribution in [2.75, 3.05) is 0 Å². The first-order valence-corrected chi connectivity index (χ1v) is 6.42.